The molecule has 0 bridgehead atoms. The maximum absolute atomic E-state index is 13.1. The van der Waals surface area contributed by atoms with Gasteiger partial charge >= 0.3 is 0 Å². The van der Waals surface area contributed by atoms with Gasteiger partial charge in [0.05, 0.1) is 10.9 Å². The Bertz CT molecular complexity index is 772. The van der Waals surface area contributed by atoms with Crippen LogP contribution in [0.2, 0.25) is 0 Å². The number of benzene rings is 1. The van der Waals surface area contributed by atoms with Gasteiger partial charge in [-0.25, -0.2) is 8.42 Å². The summed E-state index contributed by atoms with van der Waals surface area (Å²) >= 11 is 0. The van der Waals surface area contributed by atoms with Crippen LogP contribution in [-0.2, 0) is 27.8 Å². The van der Waals surface area contributed by atoms with E-state index in [-0.39, 0.29) is 5.91 Å². The SMILES string of the molecule is CCCN(CC1CC1)S(=O)(=O)c1ccc2c(c1)CN(C(=O)[C@@H](C)N)CC2. The first-order chi connectivity index (χ1) is 12.3. The molecule has 1 saturated carbocycles. The van der Waals surface area contributed by atoms with Gasteiger partial charge in [0.15, 0.2) is 0 Å². The third kappa shape index (κ3) is 4.10. The van der Waals surface area contributed by atoms with Crippen molar-refractivity contribution in [3.8, 4) is 0 Å². The zero-order valence-corrected chi connectivity index (χ0v) is 16.5. The molecular weight excluding hydrogens is 350 g/mol. The van der Waals surface area contributed by atoms with Crippen molar-refractivity contribution < 1.29 is 13.2 Å². The van der Waals surface area contributed by atoms with Crippen molar-refractivity contribution in [1.29, 1.82) is 0 Å². The Labute approximate surface area is 156 Å². The molecule has 1 fully saturated rings. The van der Waals surface area contributed by atoms with Gasteiger partial charge in [0.2, 0.25) is 15.9 Å². The summed E-state index contributed by atoms with van der Waals surface area (Å²) in [6.07, 6.45) is 3.77. The number of rotatable bonds is 7. The van der Waals surface area contributed by atoms with E-state index in [1.165, 1.54) is 0 Å². The Hall–Kier alpha value is -1.44. The number of hydrogen-bond donors (Lipinski definition) is 1. The molecule has 0 radical (unpaired) electrons. The molecule has 0 aromatic heterocycles. The third-order valence-corrected chi connectivity index (χ3v) is 7.02. The third-order valence-electron chi connectivity index (χ3n) is 5.16. The minimum absolute atomic E-state index is 0.0924. The number of carbonyl (C=O) groups excluding carboxylic acids is 1. The molecule has 1 aliphatic heterocycles. The molecule has 1 amide bonds. The first-order valence-electron chi connectivity index (χ1n) is 9.49. The van der Waals surface area contributed by atoms with Crippen LogP contribution in [0.4, 0.5) is 0 Å². The second-order valence-electron chi connectivity index (χ2n) is 7.54. The summed E-state index contributed by atoms with van der Waals surface area (Å²) in [6, 6.07) is 4.83. The molecule has 1 aromatic rings. The van der Waals surface area contributed by atoms with Crippen molar-refractivity contribution >= 4 is 15.9 Å². The number of carbonyl (C=O) groups is 1. The fourth-order valence-corrected chi connectivity index (χ4v) is 5.13. The smallest absolute Gasteiger partial charge is 0.243 e. The zero-order chi connectivity index (χ0) is 18.9. The Morgan fingerprint density at radius 1 is 1.35 bits per heavy atom. The van der Waals surface area contributed by atoms with Gasteiger partial charge in [0.1, 0.15) is 0 Å². The fraction of sp³-hybridized carbons (Fsp3) is 0.632. The van der Waals surface area contributed by atoms with E-state index in [1.54, 1.807) is 28.3 Å². The van der Waals surface area contributed by atoms with Crippen molar-refractivity contribution in [2.24, 2.45) is 11.7 Å². The molecule has 0 unspecified atom stereocenters. The van der Waals surface area contributed by atoms with E-state index in [0.29, 0.717) is 37.0 Å². The Balaban J connectivity index is 1.85. The van der Waals surface area contributed by atoms with Gasteiger partial charge in [-0.15, -0.1) is 0 Å². The number of nitrogens with two attached hydrogens (primary N) is 1. The zero-order valence-electron chi connectivity index (χ0n) is 15.6. The summed E-state index contributed by atoms with van der Waals surface area (Å²) in [5, 5.41) is 0. The van der Waals surface area contributed by atoms with E-state index in [0.717, 1.165) is 36.8 Å². The Morgan fingerprint density at radius 3 is 2.69 bits per heavy atom. The van der Waals surface area contributed by atoms with E-state index in [9.17, 15) is 13.2 Å². The molecule has 0 spiro atoms. The molecule has 7 heteroatoms. The second-order valence-corrected chi connectivity index (χ2v) is 9.47. The topological polar surface area (TPSA) is 83.7 Å². The van der Waals surface area contributed by atoms with Crippen LogP contribution in [0.25, 0.3) is 0 Å². The van der Waals surface area contributed by atoms with Crippen molar-refractivity contribution in [3.63, 3.8) is 0 Å². The van der Waals surface area contributed by atoms with Crippen LogP contribution >= 0.6 is 0 Å². The fourth-order valence-electron chi connectivity index (χ4n) is 3.47. The minimum atomic E-state index is -3.50. The first-order valence-corrected chi connectivity index (χ1v) is 10.9. The molecule has 1 atom stereocenters. The average molecular weight is 380 g/mol. The van der Waals surface area contributed by atoms with Crippen LogP contribution in [0.5, 0.6) is 0 Å². The molecule has 3 rings (SSSR count). The molecule has 1 aliphatic carbocycles. The van der Waals surface area contributed by atoms with Gasteiger partial charge in [-0.05, 0) is 61.8 Å². The lowest BCUT2D eigenvalue weighted by molar-refractivity contribution is -0.133. The number of fused-ring (bicyclic) bond motifs is 1. The lowest BCUT2D eigenvalue weighted by atomic mass is 9.99. The van der Waals surface area contributed by atoms with Crippen molar-refractivity contribution in [1.82, 2.24) is 9.21 Å². The van der Waals surface area contributed by atoms with E-state index >= 15 is 0 Å². The molecule has 1 heterocycles. The Morgan fingerprint density at radius 2 is 2.08 bits per heavy atom. The van der Waals surface area contributed by atoms with Gasteiger partial charge in [-0.2, -0.15) is 4.31 Å². The van der Waals surface area contributed by atoms with Gasteiger partial charge < -0.3 is 10.6 Å². The summed E-state index contributed by atoms with van der Waals surface area (Å²) in [5.41, 5.74) is 7.74. The quantitative estimate of drug-likeness (QED) is 0.782. The molecule has 0 saturated heterocycles. The lowest BCUT2D eigenvalue weighted by Crippen LogP contribution is -2.44. The molecule has 2 N–H and O–H groups in total. The van der Waals surface area contributed by atoms with Crippen LogP contribution in [0.1, 0.15) is 44.2 Å². The molecule has 1 aromatic carbocycles. The standard InChI is InChI=1S/C19H29N3O3S/c1-3-9-22(12-15-4-5-15)26(24,25)18-7-6-16-8-10-21(13-17(16)11-18)19(23)14(2)20/h6-7,11,14-15H,3-5,8-10,12-13,20H2,1-2H3/t14-/m1/s1. The monoisotopic (exact) mass is 379 g/mol. The second kappa shape index (κ2) is 7.66. The highest BCUT2D eigenvalue weighted by molar-refractivity contribution is 7.89. The van der Waals surface area contributed by atoms with Crippen LogP contribution in [-0.4, -0.2) is 49.2 Å². The van der Waals surface area contributed by atoms with E-state index in [1.807, 2.05) is 13.0 Å². The van der Waals surface area contributed by atoms with Crippen molar-refractivity contribution in [2.45, 2.75) is 57.0 Å². The highest BCUT2D eigenvalue weighted by Crippen LogP contribution is 2.32. The van der Waals surface area contributed by atoms with E-state index in [2.05, 4.69) is 0 Å². The lowest BCUT2D eigenvalue weighted by Gasteiger charge is -2.30. The van der Waals surface area contributed by atoms with Crippen LogP contribution in [0.15, 0.2) is 23.1 Å². The van der Waals surface area contributed by atoms with Crippen LogP contribution in [0.3, 0.4) is 0 Å². The molecular formula is C19H29N3O3S. The molecule has 144 valence electrons. The van der Waals surface area contributed by atoms with Crippen molar-refractivity contribution in [3.05, 3.63) is 29.3 Å². The molecule has 6 nitrogen and oxygen atoms in total. The highest BCUT2D eigenvalue weighted by Gasteiger charge is 2.32. The highest BCUT2D eigenvalue weighted by atomic mass is 32.2. The maximum Gasteiger partial charge on any atom is 0.243 e. The van der Waals surface area contributed by atoms with E-state index < -0.39 is 16.1 Å². The van der Waals surface area contributed by atoms with Crippen LogP contribution in [0, 0.1) is 5.92 Å². The molecule has 26 heavy (non-hydrogen) atoms. The summed E-state index contributed by atoms with van der Waals surface area (Å²) in [4.78, 5) is 14.2. The number of nitrogens with zero attached hydrogens (tertiary/aromatic N) is 2. The van der Waals surface area contributed by atoms with Gasteiger partial charge in [-0.3, -0.25) is 4.79 Å². The summed E-state index contributed by atoms with van der Waals surface area (Å²) in [6.45, 7) is 5.89. The number of amides is 1. The average Bonchev–Trinajstić information content (AvgIpc) is 3.43. The van der Waals surface area contributed by atoms with E-state index in [4.69, 9.17) is 5.73 Å². The van der Waals surface area contributed by atoms with Gasteiger partial charge in [0, 0.05) is 26.2 Å². The normalized spacial score (nSPS) is 18.7. The summed E-state index contributed by atoms with van der Waals surface area (Å²) in [5.74, 6) is 0.415. The summed E-state index contributed by atoms with van der Waals surface area (Å²) < 4.78 is 27.9. The predicted octanol–water partition coefficient (Wildman–Crippen LogP) is 1.73. The maximum atomic E-state index is 13.1. The van der Waals surface area contributed by atoms with Gasteiger partial charge in [0.25, 0.3) is 0 Å². The Kier molecular flexibility index (Phi) is 5.69. The largest absolute Gasteiger partial charge is 0.337 e. The van der Waals surface area contributed by atoms with Crippen molar-refractivity contribution in [2.75, 3.05) is 19.6 Å². The first kappa shape index (κ1) is 19.3. The van der Waals surface area contributed by atoms with Crippen LogP contribution < -0.4 is 5.73 Å². The predicted molar refractivity (Wildman–Crippen MR) is 101 cm³/mol. The number of hydrogen-bond acceptors (Lipinski definition) is 4. The number of sulfonamides is 1. The minimum Gasteiger partial charge on any atom is -0.337 e. The van der Waals surface area contributed by atoms with Gasteiger partial charge in [-0.1, -0.05) is 13.0 Å². The molecule has 2 aliphatic rings. The summed E-state index contributed by atoms with van der Waals surface area (Å²) in [7, 11) is -3.50.